The molecule has 0 saturated heterocycles. The molecule has 0 spiro atoms. The Kier molecular flexibility index (Phi) is 7.15. The van der Waals surface area contributed by atoms with Crippen LogP contribution in [0.4, 0.5) is 0 Å². The predicted molar refractivity (Wildman–Crippen MR) is 77.0 cm³/mol. The van der Waals surface area contributed by atoms with Crippen LogP contribution in [-0.2, 0) is 9.53 Å². The summed E-state index contributed by atoms with van der Waals surface area (Å²) in [6, 6.07) is 10.3. The average molecular weight is 264 g/mol. The summed E-state index contributed by atoms with van der Waals surface area (Å²) in [5, 5.41) is 2.91. The van der Waals surface area contributed by atoms with Gasteiger partial charge in [0.05, 0.1) is 12.5 Å². The number of rotatable bonds is 8. The molecule has 0 radical (unpaired) electrons. The van der Waals surface area contributed by atoms with Crippen LogP contribution in [0.15, 0.2) is 30.3 Å². The summed E-state index contributed by atoms with van der Waals surface area (Å²) in [5.74, 6) is 0.437. The van der Waals surface area contributed by atoms with E-state index in [1.165, 1.54) is 5.56 Å². The lowest BCUT2D eigenvalue weighted by atomic mass is 9.98. The van der Waals surface area contributed by atoms with Crippen molar-refractivity contribution < 1.29 is 9.53 Å². The van der Waals surface area contributed by atoms with E-state index in [2.05, 4.69) is 24.4 Å². The number of nitrogens with two attached hydrogens (primary N) is 1. The minimum absolute atomic E-state index is 0.00226. The van der Waals surface area contributed by atoms with Crippen molar-refractivity contribution in [3.63, 3.8) is 0 Å². The second-order valence-electron chi connectivity index (χ2n) is 4.75. The molecule has 1 aromatic carbocycles. The highest BCUT2D eigenvalue weighted by molar-refractivity contribution is 5.76. The van der Waals surface area contributed by atoms with E-state index >= 15 is 0 Å². The number of methoxy groups -OCH3 is 1. The highest BCUT2D eigenvalue weighted by atomic mass is 16.5. The normalized spacial score (nSPS) is 13.8. The van der Waals surface area contributed by atoms with Crippen LogP contribution in [0.2, 0.25) is 0 Å². The number of nitrogens with one attached hydrogen (secondary N) is 1. The molecule has 2 atom stereocenters. The molecule has 4 heteroatoms. The average Bonchev–Trinajstić information content (AvgIpc) is 2.45. The zero-order valence-corrected chi connectivity index (χ0v) is 11.8. The SMILES string of the molecule is COC(CN)CC(=O)NCCC(C)c1ccccc1. The molecule has 0 aromatic heterocycles. The molecule has 0 heterocycles. The van der Waals surface area contributed by atoms with E-state index in [1.807, 2.05) is 18.2 Å². The van der Waals surface area contributed by atoms with Crippen molar-refractivity contribution in [1.82, 2.24) is 5.32 Å². The van der Waals surface area contributed by atoms with Gasteiger partial charge in [0.15, 0.2) is 0 Å². The molecule has 2 unspecified atom stereocenters. The summed E-state index contributed by atoms with van der Waals surface area (Å²) in [5.41, 5.74) is 6.78. The molecule has 19 heavy (non-hydrogen) atoms. The van der Waals surface area contributed by atoms with Gasteiger partial charge >= 0.3 is 0 Å². The number of hydrogen-bond donors (Lipinski definition) is 2. The van der Waals surface area contributed by atoms with Gasteiger partial charge in [-0.1, -0.05) is 37.3 Å². The van der Waals surface area contributed by atoms with Crippen LogP contribution in [0.5, 0.6) is 0 Å². The summed E-state index contributed by atoms with van der Waals surface area (Å²) >= 11 is 0. The Morgan fingerprint density at radius 1 is 1.37 bits per heavy atom. The lowest BCUT2D eigenvalue weighted by Crippen LogP contribution is -2.32. The highest BCUT2D eigenvalue weighted by Gasteiger charge is 2.11. The van der Waals surface area contributed by atoms with Gasteiger partial charge in [0.2, 0.25) is 5.91 Å². The fraction of sp³-hybridized carbons (Fsp3) is 0.533. The second-order valence-corrected chi connectivity index (χ2v) is 4.75. The van der Waals surface area contributed by atoms with Crippen LogP contribution in [0.3, 0.4) is 0 Å². The molecule has 3 N–H and O–H groups in total. The Hall–Kier alpha value is -1.39. The summed E-state index contributed by atoms with van der Waals surface area (Å²) < 4.78 is 5.08. The standard InChI is InChI=1S/C15H24N2O2/c1-12(13-6-4-3-5-7-13)8-9-17-15(18)10-14(11-16)19-2/h3-7,12,14H,8-11,16H2,1-2H3,(H,17,18). The smallest absolute Gasteiger partial charge is 0.222 e. The third kappa shape index (κ3) is 5.85. The number of amides is 1. The first-order valence-electron chi connectivity index (χ1n) is 6.71. The first-order chi connectivity index (χ1) is 9.17. The fourth-order valence-electron chi connectivity index (χ4n) is 1.92. The number of carbonyl (C=O) groups excluding carboxylic acids is 1. The Morgan fingerprint density at radius 2 is 2.05 bits per heavy atom. The minimum Gasteiger partial charge on any atom is -0.380 e. The Morgan fingerprint density at radius 3 is 2.63 bits per heavy atom. The highest BCUT2D eigenvalue weighted by Crippen LogP contribution is 2.17. The monoisotopic (exact) mass is 264 g/mol. The molecule has 106 valence electrons. The topological polar surface area (TPSA) is 64.3 Å². The summed E-state index contributed by atoms with van der Waals surface area (Å²) in [6.45, 7) is 3.21. The maximum atomic E-state index is 11.6. The maximum absolute atomic E-state index is 11.6. The van der Waals surface area contributed by atoms with E-state index in [0.29, 0.717) is 25.4 Å². The molecule has 0 bridgehead atoms. The number of ether oxygens (including phenoxy) is 1. The van der Waals surface area contributed by atoms with Crippen molar-refractivity contribution in [2.45, 2.75) is 31.8 Å². The van der Waals surface area contributed by atoms with E-state index in [9.17, 15) is 4.79 Å². The van der Waals surface area contributed by atoms with Crippen molar-refractivity contribution in [2.75, 3.05) is 20.2 Å². The van der Waals surface area contributed by atoms with Gasteiger partial charge in [-0.05, 0) is 17.9 Å². The molecule has 0 aliphatic rings. The summed E-state index contributed by atoms with van der Waals surface area (Å²) in [4.78, 5) is 11.6. The second kappa shape index (κ2) is 8.67. The van der Waals surface area contributed by atoms with Gasteiger partial charge in [0, 0.05) is 20.2 Å². The zero-order chi connectivity index (χ0) is 14.1. The van der Waals surface area contributed by atoms with Crippen LogP contribution < -0.4 is 11.1 Å². The Bertz CT molecular complexity index is 364. The molecule has 1 amide bonds. The van der Waals surface area contributed by atoms with E-state index in [0.717, 1.165) is 6.42 Å². The Balaban J connectivity index is 2.25. The third-order valence-corrected chi connectivity index (χ3v) is 3.28. The van der Waals surface area contributed by atoms with Crippen molar-refractivity contribution in [3.8, 4) is 0 Å². The third-order valence-electron chi connectivity index (χ3n) is 3.28. The summed E-state index contributed by atoms with van der Waals surface area (Å²) in [6.07, 6.45) is 1.06. The molecule has 1 aromatic rings. The minimum atomic E-state index is -0.188. The van der Waals surface area contributed by atoms with Crippen LogP contribution in [0.1, 0.15) is 31.2 Å². The van der Waals surface area contributed by atoms with E-state index in [-0.39, 0.29) is 12.0 Å². The van der Waals surface area contributed by atoms with Crippen LogP contribution in [0, 0.1) is 0 Å². The molecule has 4 nitrogen and oxygen atoms in total. The number of carbonyl (C=O) groups is 1. The quantitative estimate of drug-likeness (QED) is 0.750. The van der Waals surface area contributed by atoms with E-state index < -0.39 is 0 Å². The van der Waals surface area contributed by atoms with Crippen molar-refractivity contribution in [2.24, 2.45) is 5.73 Å². The molecule has 0 fully saturated rings. The van der Waals surface area contributed by atoms with Crippen LogP contribution in [0.25, 0.3) is 0 Å². The largest absolute Gasteiger partial charge is 0.380 e. The molecule has 0 aliphatic heterocycles. The van der Waals surface area contributed by atoms with Gasteiger partial charge in [0.25, 0.3) is 0 Å². The van der Waals surface area contributed by atoms with Gasteiger partial charge in [-0.25, -0.2) is 0 Å². The molecular formula is C15H24N2O2. The van der Waals surface area contributed by atoms with Crippen molar-refractivity contribution in [1.29, 1.82) is 0 Å². The predicted octanol–water partition coefficient (Wildman–Crippen LogP) is 1.66. The van der Waals surface area contributed by atoms with E-state index in [1.54, 1.807) is 7.11 Å². The Labute approximate surface area is 115 Å². The first-order valence-corrected chi connectivity index (χ1v) is 6.71. The van der Waals surface area contributed by atoms with Crippen molar-refractivity contribution in [3.05, 3.63) is 35.9 Å². The van der Waals surface area contributed by atoms with Gasteiger partial charge in [0.1, 0.15) is 0 Å². The first kappa shape index (κ1) is 15.7. The van der Waals surface area contributed by atoms with Crippen molar-refractivity contribution >= 4 is 5.91 Å². The fourth-order valence-corrected chi connectivity index (χ4v) is 1.92. The maximum Gasteiger partial charge on any atom is 0.222 e. The van der Waals surface area contributed by atoms with Gasteiger partial charge in [-0.3, -0.25) is 4.79 Å². The molecular weight excluding hydrogens is 240 g/mol. The van der Waals surface area contributed by atoms with Gasteiger partial charge < -0.3 is 15.8 Å². The lowest BCUT2D eigenvalue weighted by molar-refractivity contribution is -0.123. The van der Waals surface area contributed by atoms with Crippen LogP contribution >= 0.6 is 0 Å². The molecule has 0 saturated carbocycles. The molecule has 1 rings (SSSR count). The van der Waals surface area contributed by atoms with Crippen LogP contribution in [-0.4, -0.2) is 32.2 Å². The molecule has 0 aliphatic carbocycles. The summed E-state index contributed by atoms with van der Waals surface area (Å²) in [7, 11) is 1.57. The van der Waals surface area contributed by atoms with Gasteiger partial charge in [-0.15, -0.1) is 0 Å². The number of hydrogen-bond acceptors (Lipinski definition) is 3. The zero-order valence-electron chi connectivity index (χ0n) is 11.8. The number of benzene rings is 1. The van der Waals surface area contributed by atoms with Gasteiger partial charge in [-0.2, -0.15) is 0 Å². The van der Waals surface area contributed by atoms with E-state index in [4.69, 9.17) is 10.5 Å². The lowest BCUT2D eigenvalue weighted by Gasteiger charge is -2.14.